The zero-order valence-electron chi connectivity index (χ0n) is 12.6. The number of rotatable bonds is 5. The van der Waals surface area contributed by atoms with Gasteiger partial charge in [-0.2, -0.15) is 0 Å². The first-order chi connectivity index (χ1) is 9.58. The number of esters is 1. The van der Waals surface area contributed by atoms with Crippen LogP contribution in [0.15, 0.2) is 5.38 Å². The molecule has 5 heteroatoms. The second kappa shape index (κ2) is 7.07. The van der Waals surface area contributed by atoms with Gasteiger partial charge in [-0.05, 0) is 25.2 Å². The largest absolute Gasteiger partial charge is 0.466 e. The predicted octanol–water partition coefficient (Wildman–Crippen LogP) is 3.12. The molecule has 0 amide bonds. The van der Waals surface area contributed by atoms with E-state index in [1.165, 1.54) is 6.42 Å². The van der Waals surface area contributed by atoms with Gasteiger partial charge in [-0.1, -0.05) is 13.8 Å². The smallest absolute Gasteiger partial charge is 0.306 e. The van der Waals surface area contributed by atoms with Gasteiger partial charge in [-0.15, -0.1) is 11.3 Å². The number of anilines is 1. The number of carbonyl (C=O) groups is 1. The van der Waals surface area contributed by atoms with Gasteiger partial charge in [0.2, 0.25) is 0 Å². The van der Waals surface area contributed by atoms with Crippen LogP contribution in [0.5, 0.6) is 0 Å². The minimum Gasteiger partial charge on any atom is -0.466 e. The normalized spacial score (nSPS) is 22.9. The fraction of sp³-hybridized carbons (Fsp3) is 0.733. The summed E-state index contributed by atoms with van der Waals surface area (Å²) >= 11 is 1.69. The summed E-state index contributed by atoms with van der Waals surface area (Å²) < 4.78 is 4.94. The van der Waals surface area contributed by atoms with E-state index in [0.29, 0.717) is 19.4 Å². The molecule has 0 bridgehead atoms. The van der Waals surface area contributed by atoms with Crippen molar-refractivity contribution < 1.29 is 9.53 Å². The summed E-state index contributed by atoms with van der Waals surface area (Å²) in [6, 6.07) is 0. The molecule has 0 aromatic carbocycles. The van der Waals surface area contributed by atoms with E-state index in [1.807, 2.05) is 6.92 Å². The summed E-state index contributed by atoms with van der Waals surface area (Å²) in [5.41, 5.74) is 1.00. The zero-order valence-corrected chi connectivity index (χ0v) is 13.4. The Hall–Kier alpha value is -1.10. The number of thiazole rings is 1. The van der Waals surface area contributed by atoms with Gasteiger partial charge in [0.15, 0.2) is 5.13 Å². The highest BCUT2D eigenvalue weighted by atomic mass is 32.1. The summed E-state index contributed by atoms with van der Waals surface area (Å²) in [6.45, 7) is 9.07. The Kier molecular flexibility index (Phi) is 5.40. The predicted molar refractivity (Wildman–Crippen MR) is 82.2 cm³/mol. The van der Waals surface area contributed by atoms with Crippen molar-refractivity contribution in [3.05, 3.63) is 11.1 Å². The van der Waals surface area contributed by atoms with Gasteiger partial charge in [0, 0.05) is 24.9 Å². The Morgan fingerprint density at radius 3 is 2.80 bits per heavy atom. The summed E-state index contributed by atoms with van der Waals surface area (Å²) in [5.74, 6) is 1.32. The lowest BCUT2D eigenvalue weighted by molar-refractivity contribution is -0.143. The van der Waals surface area contributed by atoms with Crippen molar-refractivity contribution in [3.8, 4) is 0 Å². The standard InChI is InChI=1S/C15H24N2O2S/c1-4-19-14(18)6-5-13-10-20-15(16-13)17-8-11(2)7-12(3)9-17/h10-12H,4-9H2,1-3H3. The van der Waals surface area contributed by atoms with Crippen LogP contribution >= 0.6 is 11.3 Å². The van der Waals surface area contributed by atoms with Gasteiger partial charge in [0.05, 0.1) is 18.7 Å². The maximum absolute atomic E-state index is 11.4. The lowest BCUT2D eigenvalue weighted by Gasteiger charge is -2.34. The van der Waals surface area contributed by atoms with Crippen molar-refractivity contribution in [2.75, 3.05) is 24.6 Å². The monoisotopic (exact) mass is 296 g/mol. The third kappa shape index (κ3) is 4.20. The fourth-order valence-corrected chi connectivity index (χ4v) is 3.72. The SMILES string of the molecule is CCOC(=O)CCc1csc(N2CC(C)CC(C)C2)n1. The van der Waals surface area contributed by atoms with E-state index in [4.69, 9.17) is 4.74 Å². The van der Waals surface area contributed by atoms with Crippen molar-refractivity contribution in [3.63, 3.8) is 0 Å². The minimum atomic E-state index is -0.137. The van der Waals surface area contributed by atoms with Gasteiger partial charge in [0.25, 0.3) is 0 Å². The number of hydrogen-bond acceptors (Lipinski definition) is 5. The van der Waals surface area contributed by atoms with Crippen LogP contribution in [0.3, 0.4) is 0 Å². The summed E-state index contributed by atoms with van der Waals surface area (Å²) in [4.78, 5) is 18.4. The Balaban J connectivity index is 1.90. The Labute approximate surface area is 125 Å². The van der Waals surface area contributed by atoms with Crippen LogP contribution in [0, 0.1) is 11.8 Å². The number of nitrogens with zero attached hydrogens (tertiary/aromatic N) is 2. The van der Waals surface area contributed by atoms with Crippen molar-refractivity contribution in [1.82, 2.24) is 4.98 Å². The van der Waals surface area contributed by atoms with Crippen LogP contribution in [0.4, 0.5) is 5.13 Å². The van der Waals surface area contributed by atoms with Gasteiger partial charge in [-0.25, -0.2) is 4.98 Å². The zero-order chi connectivity index (χ0) is 14.5. The van der Waals surface area contributed by atoms with Crippen LogP contribution in [0.2, 0.25) is 0 Å². The van der Waals surface area contributed by atoms with Gasteiger partial charge in [0.1, 0.15) is 0 Å². The topological polar surface area (TPSA) is 42.4 Å². The quantitative estimate of drug-likeness (QED) is 0.783. The van der Waals surface area contributed by atoms with Crippen molar-refractivity contribution >= 4 is 22.4 Å². The van der Waals surface area contributed by atoms with Crippen molar-refractivity contribution in [1.29, 1.82) is 0 Å². The highest BCUT2D eigenvalue weighted by molar-refractivity contribution is 7.13. The Morgan fingerprint density at radius 2 is 2.15 bits per heavy atom. The molecule has 1 aromatic heterocycles. The van der Waals surface area contributed by atoms with E-state index in [-0.39, 0.29) is 5.97 Å². The van der Waals surface area contributed by atoms with E-state index in [1.54, 1.807) is 11.3 Å². The second-order valence-electron chi connectivity index (χ2n) is 5.78. The molecule has 4 nitrogen and oxygen atoms in total. The van der Waals surface area contributed by atoms with Crippen LogP contribution in [0.25, 0.3) is 0 Å². The molecule has 2 atom stereocenters. The molecule has 0 N–H and O–H groups in total. The van der Waals surface area contributed by atoms with Crippen LogP contribution in [0.1, 0.15) is 39.3 Å². The summed E-state index contributed by atoms with van der Waals surface area (Å²) in [5, 5.41) is 3.17. The van der Waals surface area contributed by atoms with E-state index in [2.05, 4.69) is 29.1 Å². The maximum atomic E-state index is 11.4. The number of ether oxygens (including phenoxy) is 1. The molecule has 2 unspecified atom stereocenters. The Bertz CT molecular complexity index is 437. The van der Waals surface area contributed by atoms with Crippen molar-refractivity contribution in [2.45, 2.75) is 40.0 Å². The van der Waals surface area contributed by atoms with Crippen LogP contribution in [-0.2, 0) is 16.0 Å². The molecule has 0 aliphatic carbocycles. The average Bonchev–Trinajstić information content (AvgIpc) is 2.84. The lowest BCUT2D eigenvalue weighted by atomic mass is 9.92. The van der Waals surface area contributed by atoms with E-state index in [0.717, 1.165) is 35.8 Å². The molecule has 112 valence electrons. The van der Waals surface area contributed by atoms with E-state index in [9.17, 15) is 4.79 Å². The third-order valence-corrected chi connectivity index (χ3v) is 4.52. The first-order valence-electron chi connectivity index (χ1n) is 7.43. The molecular weight excluding hydrogens is 272 g/mol. The molecule has 2 rings (SSSR count). The van der Waals surface area contributed by atoms with Crippen molar-refractivity contribution in [2.24, 2.45) is 11.8 Å². The van der Waals surface area contributed by atoms with E-state index >= 15 is 0 Å². The minimum absolute atomic E-state index is 0.137. The molecular formula is C15H24N2O2S. The van der Waals surface area contributed by atoms with E-state index < -0.39 is 0 Å². The summed E-state index contributed by atoms with van der Waals surface area (Å²) in [7, 11) is 0. The number of carbonyl (C=O) groups excluding carboxylic acids is 1. The molecule has 20 heavy (non-hydrogen) atoms. The third-order valence-electron chi connectivity index (χ3n) is 3.57. The van der Waals surface area contributed by atoms with Gasteiger partial charge >= 0.3 is 5.97 Å². The molecule has 1 aromatic rings. The van der Waals surface area contributed by atoms with Crippen LogP contribution in [-0.4, -0.2) is 30.6 Å². The molecule has 1 aliphatic heterocycles. The number of aromatic nitrogens is 1. The first-order valence-corrected chi connectivity index (χ1v) is 8.31. The highest BCUT2D eigenvalue weighted by Crippen LogP contribution is 2.28. The lowest BCUT2D eigenvalue weighted by Crippen LogP contribution is -2.38. The van der Waals surface area contributed by atoms with Crippen LogP contribution < -0.4 is 4.90 Å². The Morgan fingerprint density at radius 1 is 1.45 bits per heavy atom. The average molecular weight is 296 g/mol. The highest BCUT2D eigenvalue weighted by Gasteiger charge is 2.23. The molecule has 0 radical (unpaired) electrons. The first kappa shape index (κ1) is 15.3. The fourth-order valence-electron chi connectivity index (χ4n) is 2.84. The van der Waals surface area contributed by atoms with Gasteiger partial charge < -0.3 is 9.64 Å². The second-order valence-corrected chi connectivity index (χ2v) is 6.61. The number of hydrogen-bond donors (Lipinski definition) is 0. The molecule has 1 fully saturated rings. The summed E-state index contributed by atoms with van der Waals surface area (Å²) in [6.07, 6.45) is 2.40. The molecule has 1 saturated heterocycles. The molecule has 2 heterocycles. The molecule has 0 spiro atoms. The number of aryl methyl sites for hydroxylation is 1. The van der Waals surface area contributed by atoms with Gasteiger partial charge in [-0.3, -0.25) is 4.79 Å². The molecule has 1 aliphatic rings. The molecule has 0 saturated carbocycles. The number of piperidine rings is 1. The maximum Gasteiger partial charge on any atom is 0.306 e.